The van der Waals surface area contributed by atoms with Crippen LogP contribution in [0.3, 0.4) is 0 Å². The van der Waals surface area contributed by atoms with E-state index in [1.807, 2.05) is 0 Å². The molecule has 0 aromatic carbocycles. The summed E-state index contributed by atoms with van der Waals surface area (Å²) in [4.78, 5) is 7.53. The summed E-state index contributed by atoms with van der Waals surface area (Å²) in [6.45, 7) is 0. The Labute approximate surface area is 60.6 Å². The minimum Gasteiger partial charge on any atom is -0.306 e. The first-order valence-electron chi connectivity index (χ1n) is 2.61. The second kappa shape index (κ2) is 3.38. The molecule has 4 nitrogen and oxygen atoms in total. The van der Waals surface area contributed by atoms with E-state index in [0.717, 1.165) is 0 Å². The highest BCUT2D eigenvalue weighted by Crippen LogP contribution is 1.92. The quantitative estimate of drug-likeness (QED) is 0.624. The van der Waals surface area contributed by atoms with Gasteiger partial charge in [0.15, 0.2) is 11.1 Å². The van der Waals surface area contributed by atoms with Crippen LogP contribution in [-0.4, -0.2) is 18.7 Å². The molecule has 1 aromatic rings. The van der Waals surface area contributed by atoms with Gasteiger partial charge in [0, 0.05) is 18.6 Å². The molecule has 0 aliphatic heterocycles. The highest BCUT2D eigenvalue weighted by atomic mass is 32.2. The van der Waals surface area contributed by atoms with Crippen LogP contribution in [-0.2, 0) is 16.8 Å². The molecule has 0 amide bonds. The predicted octanol–water partition coefficient (Wildman–Crippen LogP) is 0.198. The number of hydrogen-bond acceptors (Lipinski definition) is 3. The first-order valence-corrected chi connectivity index (χ1v) is 3.89. The average molecular weight is 158 g/mol. The molecule has 0 saturated heterocycles. The van der Waals surface area contributed by atoms with E-state index in [0.29, 0.717) is 5.69 Å². The average Bonchev–Trinajstić information content (AvgIpc) is 1.88. The van der Waals surface area contributed by atoms with Gasteiger partial charge in [0.25, 0.3) is 0 Å². The van der Waals surface area contributed by atoms with E-state index in [2.05, 4.69) is 9.97 Å². The van der Waals surface area contributed by atoms with Crippen LogP contribution in [0.25, 0.3) is 0 Å². The predicted molar refractivity (Wildman–Crippen MR) is 36.5 cm³/mol. The summed E-state index contributed by atoms with van der Waals surface area (Å²) in [6.07, 6.45) is 4.47. The van der Waals surface area contributed by atoms with Gasteiger partial charge in [-0.2, -0.15) is 0 Å². The Bertz CT molecular complexity index is 226. The SMILES string of the molecule is O=S(O)Cc1cnccn1. The standard InChI is InChI=1S/C5H6N2O2S/c8-10(9)4-5-3-6-1-2-7-5/h1-3H,4H2,(H,8,9). The third kappa shape index (κ3) is 2.20. The molecule has 1 rings (SSSR count). The van der Waals surface area contributed by atoms with Gasteiger partial charge in [-0.3, -0.25) is 9.97 Å². The lowest BCUT2D eigenvalue weighted by Gasteiger charge is -1.91. The lowest BCUT2D eigenvalue weighted by atomic mass is 10.5. The van der Waals surface area contributed by atoms with Crippen molar-refractivity contribution in [1.29, 1.82) is 0 Å². The lowest BCUT2D eigenvalue weighted by Crippen LogP contribution is -1.95. The van der Waals surface area contributed by atoms with Crippen LogP contribution in [0.2, 0.25) is 0 Å². The van der Waals surface area contributed by atoms with Crippen LogP contribution < -0.4 is 0 Å². The molecule has 0 radical (unpaired) electrons. The van der Waals surface area contributed by atoms with Gasteiger partial charge in [0.1, 0.15) is 0 Å². The van der Waals surface area contributed by atoms with Crippen molar-refractivity contribution in [1.82, 2.24) is 9.97 Å². The van der Waals surface area contributed by atoms with E-state index in [9.17, 15) is 4.21 Å². The molecule has 10 heavy (non-hydrogen) atoms. The van der Waals surface area contributed by atoms with E-state index >= 15 is 0 Å². The third-order valence-corrected chi connectivity index (χ3v) is 1.43. The fourth-order valence-corrected chi connectivity index (χ4v) is 0.933. The smallest absolute Gasteiger partial charge is 0.159 e. The number of aromatic nitrogens is 2. The molecular formula is C5H6N2O2S. The number of nitrogens with zero attached hydrogens (tertiary/aromatic N) is 2. The Kier molecular flexibility index (Phi) is 2.47. The van der Waals surface area contributed by atoms with Gasteiger partial charge in [-0.25, -0.2) is 4.21 Å². The van der Waals surface area contributed by atoms with Gasteiger partial charge in [-0.1, -0.05) is 0 Å². The highest BCUT2D eigenvalue weighted by molar-refractivity contribution is 7.78. The molecule has 0 aliphatic carbocycles. The topological polar surface area (TPSA) is 63.1 Å². The van der Waals surface area contributed by atoms with Crippen LogP contribution >= 0.6 is 0 Å². The molecule has 1 heterocycles. The summed E-state index contributed by atoms with van der Waals surface area (Å²) >= 11 is -1.82. The maximum absolute atomic E-state index is 10.2. The first-order chi connectivity index (χ1) is 4.79. The highest BCUT2D eigenvalue weighted by Gasteiger charge is 1.96. The summed E-state index contributed by atoms with van der Waals surface area (Å²) in [5.41, 5.74) is 0.531. The Balaban J connectivity index is 2.67. The monoisotopic (exact) mass is 158 g/mol. The molecule has 0 bridgehead atoms. The van der Waals surface area contributed by atoms with Gasteiger partial charge >= 0.3 is 0 Å². The molecule has 0 aliphatic rings. The molecule has 0 saturated carbocycles. The molecular weight excluding hydrogens is 152 g/mol. The van der Waals surface area contributed by atoms with Crippen molar-refractivity contribution >= 4 is 11.1 Å². The number of hydrogen-bond donors (Lipinski definition) is 1. The molecule has 1 atom stereocenters. The van der Waals surface area contributed by atoms with Gasteiger partial charge in [0.2, 0.25) is 0 Å². The van der Waals surface area contributed by atoms with Crippen LogP contribution in [0.15, 0.2) is 18.6 Å². The van der Waals surface area contributed by atoms with Crippen molar-refractivity contribution < 1.29 is 8.76 Å². The Hall–Kier alpha value is -0.810. The van der Waals surface area contributed by atoms with Crippen LogP contribution in [0.5, 0.6) is 0 Å². The van der Waals surface area contributed by atoms with Gasteiger partial charge < -0.3 is 4.55 Å². The van der Waals surface area contributed by atoms with Crippen molar-refractivity contribution in [3.63, 3.8) is 0 Å². The van der Waals surface area contributed by atoms with Crippen molar-refractivity contribution in [3.05, 3.63) is 24.3 Å². The normalized spacial score (nSPS) is 12.9. The molecule has 1 unspecified atom stereocenters. The van der Waals surface area contributed by atoms with Crippen LogP contribution in [0, 0.1) is 0 Å². The summed E-state index contributed by atoms with van der Waals surface area (Å²) in [5.74, 6) is 0.0494. The maximum atomic E-state index is 10.2. The van der Waals surface area contributed by atoms with Gasteiger partial charge in [-0.15, -0.1) is 0 Å². The minimum atomic E-state index is -1.82. The largest absolute Gasteiger partial charge is 0.306 e. The van der Waals surface area contributed by atoms with E-state index in [4.69, 9.17) is 4.55 Å². The fraction of sp³-hybridized carbons (Fsp3) is 0.200. The fourth-order valence-electron chi connectivity index (χ4n) is 0.531. The number of rotatable bonds is 2. The van der Waals surface area contributed by atoms with Crippen molar-refractivity contribution in [2.45, 2.75) is 5.75 Å². The van der Waals surface area contributed by atoms with Crippen molar-refractivity contribution in [3.8, 4) is 0 Å². The molecule has 0 spiro atoms. The Morgan fingerprint density at radius 2 is 2.40 bits per heavy atom. The third-order valence-electron chi connectivity index (χ3n) is 0.888. The summed E-state index contributed by atoms with van der Waals surface area (Å²) in [6, 6.07) is 0. The zero-order valence-electron chi connectivity index (χ0n) is 5.10. The summed E-state index contributed by atoms with van der Waals surface area (Å²) in [7, 11) is 0. The van der Waals surface area contributed by atoms with Crippen LogP contribution in [0.4, 0.5) is 0 Å². The second-order valence-corrected chi connectivity index (χ2v) is 2.59. The zero-order chi connectivity index (χ0) is 7.40. The van der Waals surface area contributed by atoms with Crippen LogP contribution in [0.1, 0.15) is 5.69 Å². The van der Waals surface area contributed by atoms with E-state index < -0.39 is 11.1 Å². The minimum absolute atomic E-state index is 0.0494. The molecule has 5 heteroatoms. The summed E-state index contributed by atoms with van der Waals surface area (Å²) in [5, 5.41) is 0. The van der Waals surface area contributed by atoms with E-state index in [1.54, 1.807) is 0 Å². The molecule has 0 fully saturated rings. The lowest BCUT2D eigenvalue weighted by molar-refractivity contribution is 0.562. The summed E-state index contributed by atoms with van der Waals surface area (Å²) < 4.78 is 18.6. The molecule has 1 N–H and O–H groups in total. The van der Waals surface area contributed by atoms with Crippen molar-refractivity contribution in [2.75, 3.05) is 0 Å². The Morgan fingerprint density at radius 3 is 2.90 bits per heavy atom. The zero-order valence-corrected chi connectivity index (χ0v) is 5.91. The van der Waals surface area contributed by atoms with E-state index in [1.165, 1.54) is 18.6 Å². The van der Waals surface area contributed by atoms with Crippen molar-refractivity contribution in [2.24, 2.45) is 0 Å². The molecule has 54 valence electrons. The molecule has 1 aromatic heterocycles. The van der Waals surface area contributed by atoms with Gasteiger partial charge in [0.05, 0.1) is 11.4 Å². The Morgan fingerprint density at radius 1 is 1.60 bits per heavy atom. The maximum Gasteiger partial charge on any atom is 0.159 e. The second-order valence-electron chi connectivity index (χ2n) is 1.66. The first kappa shape index (κ1) is 7.30. The van der Waals surface area contributed by atoms with E-state index in [-0.39, 0.29) is 5.75 Å². The van der Waals surface area contributed by atoms with Gasteiger partial charge in [-0.05, 0) is 0 Å².